The molecular formula is C31H29N3O4. The maximum atomic E-state index is 13.3. The van der Waals surface area contributed by atoms with Crippen molar-refractivity contribution in [2.24, 2.45) is 0 Å². The number of hydrogen-bond donors (Lipinski definition) is 3. The molecular weight excluding hydrogens is 478 g/mol. The third-order valence-electron chi connectivity index (χ3n) is 5.93. The van der Waals surface area contributed by atoms with Gasteiger partial charge in [-0.2, -0.15) is 0 Å². The number of nitrogens with two attached hydrogens (primary N) is 1. The van der Waals surface area contributed by atoms with Crippen LogP contribution in [0.3, 0.4) is 0 Å². The number of methoxy groups -OCH3 is 2. The van der Waals surface area contributed by atoms with Gasteiger partial charge >= 0.3 is 0 Å². The summed E-state index contributed by atoms with van der Waals surface area (Å²) >= 11 is 0. The SMILES string of the molecule is COc1ccc(/C=C(/C(=O)NCc2ccc(C(=O)Nc3ccccc3N)cc2)c2ccccc2)cc1OC. The summed E-state index contributed by atoms with van der Waals surface area (Å²) in [5.41, 5.74) is 10.4. The first-order valence-corrected chi connectivity index (χ1v) is 12.0. The molecule has 0 aliphatic heterocycles. The van der Waals surface area contributed by atoms with Gasteiger partial charge in [-0.1, -0.05) is 60.7 Å². The zero-order chi connectivity index (χ0) is 26.9. The van der Waals surface area contributed by atoms with Gasteiger partial charge in [0, 0.05) is 17.7 Å². The molecule has 4 N–H and O–H groups in total. The Morgan fingerprint density at radius 2 is 1.47 bits per heavy atom. The highest BCUT2D eigenvalue weighted by molar-refractivity contribution is 6.24. The monoisotopic (exact) mass is 507 g/mol. The van der Waals surface area contributed by atoms with E-state index in [9.17, 15) is 9.59 Å². The Balaban J connectivity index is 1.48. The first-order valence-electron chi connectivity index (χ1n) is 12.0. The molecule has 38 heavy (non-hydrogen) atoms. The summed E-state index contributed by atoms with van der Waals surface area (Å²) in [5.74, 6) is 0.697. The van der Waals surface area contributed by atoms with E-state index in [1.54, 1.807) is 56.7 Å². The number of rotatable bonds is 9. The van der Waals surface area contributed by atoms with Crippen LogP contribution >= 0.6 is 0 Å². The lowest BCUT2D eigenvalue weighted by Crippen LogP contribution is -2.24. The van der Waals surface area contributed by atoms with Crippen molar-refractivity contribution in [3.8, 4) is 11.5 Å². The minimum Gasteiger partial charge on any atom is -0.493 e. The van der Waals surface area contributed by atoms with Crippen molar-refractivity contribution in [1.82, 2.24) is 5.32 Å². The zero-order valence-corrected chi connectivity index (χ0v) is 21.2. The summed E-state index contributed by atoms with van der Waals surface area (Å²) in [5, 5.41) is 5.79. The van der Waals surface area contributed by atoms with Crippen molar-refractivity contribution < 1.29 is 19.1 Å². The number of ether oxygens (including phenoxy) is 2. The van der Waals surface area contributed by atoms with E-state index in [1.165, 1.54) is 0 Å². The van der Waals surface area contributed by atoms with Crippen LogP contribution < -0.4 is 25.8 Å². The molecule has 4 aromatic carbocycles. The van der Waals surface area contributed by atoms with Crippen LogP contribution in [0.4, 0.5) is 11.4 Å². The van der Waals surface area contributed by atoms with Gasteiger partial charge in [0.2, 0.25) is 0 Å². The number of anilines is 2. The lowest BCUT2D eigenvalue weighted by molar-refractivity contribution is -0.115. The van der Waals surface area contributed by atoms with Crippen LogP contribution in [-0.2, 0) is 11.3 Å². The quantitative estimate of drug-likeness (QED) is 0.160. The van der Waals surface area contributed by atoms with E-state index in [1.807, 2.05) is 60.7 Å². The van der Waals surface area contributed by atoms with Gasteiger partial charge in [-0.05, 0) is 59.2 Å². The molecule has 2 amide bonds. The van der Waals surface area contributed by atoms with E-state index < -0.39 is 0 Å². The molecule has 0 aromatic heterocycles. The van der Waals surface area contributed by atoms with Gasteiger partial charge < -0.3 is 25.8 Å². The molecule has 0 aliphatic carbocycles. The van der Waals surface area contributed by atoms with Crippen LogP contribution in [0, 0.1) is 0 Å². The minimum atomic E-state index is -0.261. The summed E-state index contributed by atoms with van der Waals surface area (Å²) in [6, 6.07) is 29.1. The number of hydrogen-bond acceptors (Lipinski definition) is 5. The van der Waals surface area contributed by atoms with Crippen molar-refractivity contribution in [3.05, 3.63) is 119 Å². The summed E-state index contributed by atoms with van der Waals surface area (Å²) < 4.78 is 10.7. The van der Waals surface area contributed by atoms with Crippen LogP contribution in [-0.4, -0.2) is 26.0 Å². The van der Waals surface area contributed by atoms with Crippen molar-refractivity contribution in [3.63, 3.8) is 0 Å². The highest BCUT2D eigenvalue weighted by Gasteiger charge is 2.14. The van der Waals surface area contributed by atoms with Crippen molar-refractivity contribution in [2.75, 3.05) is 25.3 Å². The first-order chi connectivity index (χ1) is 18.5. The Morgan fingerprint density at radius 1 is 0.789 bits per heavy atom. The Bertz CT molecular complexity index is 1450. The van der Waals surface area contributed by atoms with E-state index in [0.29, 0.717) is 40.6 Å². The lowest BCUT2D eigenvalue weighted by Gasteiger charge is -2.12. The van der Waals surface area contributed by atoms with E-state index in [0.717, 1.165) is 16.7 Å². The topological polar surface area (TPSA) is 103 Å². The third kappa shape index (κ3) is 6.39. The third-order valence-corrected chi connectivity index (χ3v) is 5.93. The van der Waals surface area contributed by atoms with Gasteiger partial charge in [-0.15, -0.1) is 0 Å². The molecule has 4 aromatic rings. The molecule has 0 radical (unpaired) electrons. The molecule has 0 heterocycles. The normalized spacial score (nSPS) is 10.9. The molecule has 0 saturated carbocycles. The highest BCUT2D eigenvalue weighted by atomic mass is 16.5. The maximum Gasteiger partial charge on any atom is 0.255 e. The molecule has 0 atom stereocenters. The molecule has 192 valence electrons. The Labute approximate surface area is 221 Å². The molecule has 0 aliphatic rings. The summed E-state index contributed by atoms with van der Waals surface area (Å²) in [6.45, 7) is 0.294. The molecule has 7 nitrogen and oxygen atoms in total. The van der Waals surface area contributed by atoms with Gasteiger partial charge in [0.1, 0.15) is 0 Å². The van der Waals surface area contributed by atoms with E-state index >= 15 is 0 Å². The fraction of sp³-hybridized carbons (Fsp3) is 0.0968. The van der Waals surface area contributed by atoms with Gasteiger partial charge in [-0.25, -0.2) is 0 Å². The van der Waals surface area contributed by atoms with E-state index in [2.05, 4.69) is 10.6 Å². The lowest BCUT2D eigenvalue weighted by atomic mass is 10.0. The van der Waals surface area contributed by atoms with Gasteiger partial charge in [-0.3, -0.25) is 9.59 Å². The zero-order valence-electron chi connectivity index (χ0n) is 21.2. The molecule has 0 fully saturated rings. The molecule has 0 saturated heterocycles. The van der Waals surface area contributed by atoms with Crippen molar-refractivity contribution >= 4 is 34.8 Å². The molecule has 4 rings (SSSR count). The highest BCUT2D eigenvalue weighted by Crippen LogP contribution is 2.29. The Kier molecular flexibility index (Phi) is 8.41. The van der Waals surface area contributed by atoms with Gasteiger partial charge in [0.15, 0.2) is 11.5 Å². The number of para-hydroxylation sites is 2. The smallest absolute Gasteiger partial charge is 0.255 e. The second-order valence-electron chi connectivity index (χ2n) is 8.46. The number of benzene rings is 4. The standard InChI is InChI=1S/C31H29N3O4/c1-37-28-17-14-22(19-29(28)38-2)18-25(23-8-4-3-5-9-23)31(36)33-20-21-12-15-24(16-13-21)30(35)34-27-11-7-6-10-26(27)32/h3-19H,20,32H2,1-2H3,(H,33,36)(H,34,35)/b25-18+. The van der Waals surface area contributed by atoms with Crippen LogP contribution in [0.25, 0.3) is 11.6 Å². The fourth-order valence-corrected chi connectivity index (χ4v) is 3.86. The van der Waals surface area contributed by atoms with E-state index in [-0.39, 0.29) is 11.8 Å². The molecule has 7 heteroatoms. The average Bonchev–Trinajstić information content (AvgIpc) is 2.96. The van der Waals surface area contributed by atoms with Gasteiger partial charge in [0.25, 0.3) is 11.8 Å². The Hall–Kier alpha value is -5.04. The van der Waals surface area contributed by atoms with Crippen molar-refractivity contribution in [2.45, 2.75) is 6.54 Å². The fourth-order valence-electron chi connectivity index (χ4n) is 3.86. The number of nitrogens with one attached hydrogen (secondary N) is 2. The largest absolute Gasteiger partial charge is 0.493 e. The minimum absolute atomic E-state index is 0.229. The Morgan fingerprint density at radius 3 is 2.16 bits per heavy atom. The molecule has 0 unspecified atom stereocenters. The summed E-state index contributed by atoms with van der Waals surface area (Å²) in [6.07, 6.45) is 1.81. The number of carbonyl (C=O) groups is 2. The number of carbonyl (C=O) groups excluding carboxylic acids is 2. The predicted octanol–water partition coefficient (Wildman–Crippen LogP) is 5.40. The number of amides is 2. The van der Waals surface area contributed by atoms with E-state index in [4.69, 9.17) is 15.2 Å². The first kappa shape index (κ1) is 26.0. The predicted molar refractivity (Wildman–Crippen MR) is 151 cm³/mol. The van der Waals surface area contributed by atoms with Crippen LogP contribution in [0.5, 0.6) is 11.5 Å². The maximum absolute atomic E-state index is 13.3. The van der Waals surface area contributed by atoms with Crippen molar-refractivity contribution in [1.29, 1.82) is 0 Å². The summed E-state index contributed by atoms with van der Waals surface area (Å²) in [7, 11) is 3.15. The second kappa shape index (κ2) is 12.3. The molecule has 0 spiro atoms. The van der Waals surface area contributed by atoms with Gasteiger partial charge in [0.05, 0.1) is 25.6 Å². The van der Waals surface area contributed by atoms with Crippen LogP contribution in [0.1, 0.15) is 27.0 Å². The van der Waals surface area contributed by atoms with Crippen LogP contribution in [0.2, 0.25) is 0 Å². The van der Waals surface area contributed by atoms with Crippen LogP contribution in [0.15, 0.2) is 97.1 Å². The summed E-state index contributed by atoms with van der Waals surface area (Å²) in [4.78, 5) is 25.9. The second-order valence-corrected chi connectivity index (χ2v) is 8.46. The molecule has 0 bridgehead atoms. The average molecular weight is 508 g/mol. The number of nitrogen functional groups attached to an aromatic ring is 1.